The third-order valence-corrected chi connectivity index (χ3v) is 5.95. The van der Waals surface area contributed by atoms with Gasteiger partial charge in [0.05, 0.1) is 18.6 Å². The number of rotatable bonds is 4. The molecule has 1 fully saturated rings. The number of benzene rings is 1. The first-order valence-electron chi connectivity index (χ1n) is 7.31. The third kappa shape index (κ3) is 2.55. The summed E-state index contributed by atoms with van der Waals surface area (Å²) in [4.78, 5) is 3.94. The molecule has 2 heterocycles. The molecule has 0 N–H and O–H groups in total. The van der Waals surface area contributed by atoms with E-state index in [2.05, 4.69) is 4.98 Å². The molecule has 5 nitrogen and oxygen atoms in total. The maximum absolute atomic E-state index is 13.5. The van der Waals surface area contributed by atoms with Crippen LogP contribution in [-0.2, 0) is 16.6 Å². The van der Waals surface area contributed by atoms with Crippen molar-refractivity contribution in [2.75, 3.05) is 6.54 Å². The van der Waals surface area contributed by atoms with E-state index in [1.807, 2.05) is 6.92 Å². The molecule has 1 aromatic carbocycles. The predicted molar refractivity (Wildman–Crippen MR) is 80.2 cm³/mol. The van der Waals surface area contributed by atoms with E-state index in [9.17, 15) is 12.8 Å². The molecule has 0 amide bonds. The Hall–Kier alpha value is -1.73. The molecule has 118 valence electrons. The summed E-state index contributed by atoms with van der Waals surface area (Å²) in [6, 6.07) is 5.85. The molecule has 0 bridgehead atoms. The van der Waals surface area contributed by atoms with E-state index < -0.39 is 10.0 Å². The number of hydrogen-bond donors (Lipinski definition) is 0. The molecule has 1 aliphatic rings. The second-order valence-corrected chi connectivity index (χ2v) is 7.18. The molecular formula is C15H18FN3O2S. The van der Waals surface area contributed by atoms with Crippen LogP contribution in [0.5, 0.6) is 0 Å². The molecule has 1 aliphatic heterocycles. The van der Waals surface area contributed by atoms with Gasteiger partial charge < -0.3 is 4.57 Å². The molecular weight excluding hydrogens is 305 g/mol. The Balaban J connectivity index is 1.99. The molecule has 7 heteroatoms. The fourth-order valence-corrected chi connectivity index (χ4v) is 4.79. The normalized spacial score (nSPS) is 19.6. The monoisotopic (exact) mass is 323 g/mol. The van der Waals surface area contributed by atoms with Crippen LogP contribution in [0, 0.1) is 5.82 Å². The average Bonchev–Trinajstić information content (AvgIpc) is 3.16. The fourth-order valence-electron chi connectivity index (χ4n) is 2.96. The molecule has 1 unspecified atom stereocenters. The van der Waals surface area contributed by atoms with Gasteiger partial charge in [-0.3, -0.25) is 0 Å². The molecule has 22 heavy (non-hydrogen) atoms. The van der Waals surface area contributed by atoms with Crippen LogP contribution in [-0.4, -0.2) is 28.8 Å². The minimum atomic E-state index is -3.64. The van der Waals surface area contributed by atoms with Crippen LogP contribution >= 0.6 is 0 Å². The van der Waals surface area contributed by atoms with Crippen LogP contribution in [0.4, 0.5) is 4.39 Å². The zero-order valence-electron chi connectivity index (χ0n) is 12.3. The van der Waals surface area contributed by atoms with Crippen molar-refractivity contribution in [3.8, 4) is 0 Å². The summed E-state index contributed by atoms with van der Waals surface area (Å²) in [5.74, 6) is -0.347. The summed E-state index contributed by atoms with van der Waals surface area (Å²) >= 11 is 0. The zero-order chi connectivity index (χ0) is 15.7. The predicted octanol–water partition coefficient (Wildman–Crippen LogP) is 2.57. The second-order valence-electron chi connectivity index (χ2n) is 5.35. The van der Waals surface area contributed by atoms with E-state index >= 15 is 0 Å². The highest BCUT2D eigenvalue weighted by atomic mass is 32.2. The van der Waals surface area contributed by atoms with E-state index in [0.717, 1.165) is 6.42 Å². The minimum absolute atomic E-state index is 0.193. The lowest BCUT2D eigenvalue weighted by molar-refractivity contribution is 0.390. The van der Waals surface area contributed by atoms with Crippen molar-refractivity contribution in [3.05, 3.63) is 48.2 Å². The van der Waals surface area contributed by atoms with Crippen LogP contribution < -0.4 is 0 Å². The van der Waals surface area contributed by atoms with Crippen molar-refractivity contribution >= 4 is 10.0 Å². The van der Waals surface area contributed by atoms with E-state index in [-0.39, 0.29) is 16.9 Å². The summed E-state index contributed by atoms with van der Waals surface area (Å²) < 4.78 is 42.4. The van der Waals surface area contributed by atoms with Crippen LogP contribution in [0.25, 0.3) is 0 Å². The molecule has 0 spiro atoms. The van der Waals surface area contributed by atoms with Gasteiger partial charge in [0.2, 0.25) is 0 Å². The maximum Gasteiger partial charge on any atom is 0.260 e. The summed E-state index contributed by atoms with van der Waals surface area (Å²) in [6.45, 7) is 2.85. The minimum Gasteiger partial charge on any atom is -0.321 e. The van der Waals surface area contributed by atoms with Crippen LogP contribution in [0.1, 0.15) is 31.4 Å². The van der Waals surface area contributed by atoms with Gasteiger partial charge in [0.25, 0.3) is 10.0 Å². The quantitative estimate of drug-likeness (QED) is 0.869. The van der Waals surface area contributed by atoms with Gasteiger partial charge in [-0.1, -0.05) is 12.1 Å². The standard InChI is InChI=1S/C15H18FN3O2S/c1-2-18-11-17-10-15(18)22(20,21)19-8-4-7-14(19)12-5-3-6-13(16)9-12/h3,5-6,9-11,14H,2,4,7-8H2,1H3. The van der Waals surface area contributed by atoms with Gasteiger partial charge >= 0.3 is 0 Å². The van der Waals surface area contributed by atoms with Crippen LogP contribution in [0.3, 0.4) is 0 Å². The molecule has 1 atom stereocenters. The Labute approximate surface area is 129 Å². The molecule has 1 saturated heterocycles. The van der Waals surface area contributed by atoms with E-state index in [0.29, 0.717) is 25.1 Å². The van der Waals surface area contributed by atoms with Gasteiger partial charge in [-0.2, -0.15) is 4.31 Å². The maximum atomic E-state index is 13.5. The van der Waals surface area contributed by atoms with Crippen molar-refractivity contribution in [2.45, 2.75) is 37.4 Å². The lowest BCUT2D eigenvalue weighted by Crippen LogP contribution is -2.32. The molecule has 3 rings (SSSR count). The Morgan fingerprint density at radius 2 is 2.23 bits per heavy atom. The SMILES string of the molecule is CCn1cncc1S(=O)(=O)N1CCCC1c1cccc(F)c1. The average molecular weight is 323 g/mol. The second kappa shape index (κ2) is 5.81. The van der Waals surface area contributed by atoms with E-state index in [1.54, 1.807) is 16.7 Å². The van der Waals surface area contributed by atoms with Crippen LogP contribution in [0.15, 0.2) is 41.8 Å². The van der Waals surface area contributed by atoms with Gasteiger partial charge in [-0.15, -0.1) is 0 Å². The highest BCUT2D eigenvalue weighted by Gasteiger charge is 2.37. The molecule has 2 aromatic rings. The summed E-state index contributed by atoms with van der Waals surface area (Å²) in [5, 5.41) is 0.193. The summed E-state index contributed by atoms with van der Waals surface area (Å²) in [5.41, 5.74) is 0.698. The number of aryl methyl sites for hydroxylation is 1. The molecule has 0 radical (unpaired) electrons. The summed E-state index contributed by atoms with van der Waals surface area (Å²) in [7, 11) is -3.64. The van der Waals surface area contributed by atoms with Crippen LogP contribution in [0.2, 0.25) is 0 Å². The lowest BCUT2D eigenvalue weighted by atomic mass is 10.1. The van der Waals surface area contributed by atoms with Gasteiger partial charge in [0.1, 0.15) is 5.82 Å². The Morgan fingerprint density at radius 3 is 2.95 bits per heavy atom. The van der Waals surface area contributed by atoms with Crippen molar-refractivity contribution in [2.24, 2.45) is 0 Å². The van der Waals surface area contributed by atoms with Crippen molar-refractivity contribution < 1.29 is 12.8 Å². The van der Waals surface area contributed by atoms with Gasteiger partial charge in [-0.05, 0) is 37.5 Å². The third-order valence-electron chi connectivity index (χ3n) is 4.02. The van der Waals surface area contributed by atoms with Gasteiger partial charge in [0, 0.05) is 13.1 Å². The Morgan fingerprint density at radius 1 is 1.41 bits per heavy atom. The highest BCUT2D eigenvalue weighted by Crippen LogP contribution is 2.36. The smallest absolute Gasteiger partial charge is 0.260 e. The van der Waals surface area contributed by atoms with E-state index in [1.165, 1.54) is 29.0 Å². The number of sulfonamides is 1. The Kier molecular flexibility index (Phi) is 4.01. The molecule has 0 aliphatic carbocycles. The number of hydrogen-bond acceptors (Lipinski definition) is 3. The van der Waals surface area contributed by atoms with Crippen molar-refractivity contribution in [1.82, 2.24) is 13.9 Å². The van der Waals surface area contributed by atoms with Gasteiger partial charge in [0.15, 0.2) is 5.03 Å². The first-order chi connectivity index (χ1) is 10.5. The van der Waals surface area contributed by atoms with Crippen molar-refractivity contribution in [3.63, 3.8) is 0 Å². The Bertz CT molecular complexity index is 773. The van der Waals surface area contributed by atoms with Gasteiger partial charge in [-0.25, -0.2) is 17.8 Å². The topological polar surface area (TPSA) is 55.2 Å². The summed E-state index contributed by atoms with van der Waals surface area (Å²) in [6.07, 6.45) is 4.35. The van der Waals surface area contributed by atoms with E-state index in [4.69, 9.17) is 0 Å². The van der Waals surface area contributed by atoms with Crippen molar-refractivity contribution in [1.29, 1.82) is 0 Å². The largest absolute Gasteiger partial charge is 0.321 e. The number of aromatic nitrogens is 2. The molecule has 1 aromatic heterocycles. The number of imidazole rings is 1. The zero-order valence-corrected chi connectivity index (χ0v) is 13.1. The lowest BCUT2D eigenvalue weighted by Gasteiger charge is -2.24. The first-order valence-corrected chi connectivity index (χ1v) is 8.75. The number of nitrogens with zero attached hydrogens (tertiary/aromatic N) is 3. The number of halogens is 1. The highest BCUT2D eigenvalue weighted by molar-refractivity contribution is 7.89. The first kappa shape index (κ1) is 15.2. The molecule has 0 saturated carbocycles. The fraction of sp³-hybridized carbons (Fsp3) is 0.400.